The maximum atomic E-state index is 12.3. The highest BCUT2D eigenvalue weighted by atomic mass is 32.1. The molecule has 1 N–H and O–H groups in total. The van der Waals surface area contributed by atoms with Crippen molar-refractivity contribution in [2.45, 2.75) is 37.9 Å². The molecule has 104 valence electrons. The lowest BCUT2D eigenvalue weighted by Crippen LogP contribution is -2.37. The maximum absolute atomic E-state index is 12.3. The van der Waals surface area contributed by atoms with Gasteiger partial charge in [-0.15, -0.1) is 11.3 Å². The Morgan fingerprint density at radius 3 is 3.05 bits per heavy atom. The predicted molar refractivity (Wildman–Crippen MR) is 79.6 cm³/mol. The SMILES string of the molecule is O=C1C[C@H]2CC[C@@H](CN1Cc1nc3ccccc3s1)N2. The molecule has 2 aliphatic rings. The average molecular weight is 287 g/mol. The Kier molecular flexibility index (Phi) is 2.97. The molecule has 0 saturated carbocycles. The molecule has 2 atom stereocenters. The second-order valence-electron chi connectivity index (χ2n) is 5.69. The Bertz CT molecular complexity index is 620. The third-order valence-corrected chi connectivity index (χ3v) is 5.23. The Balaban J connectivity index is 1.56. The Labute approximate surface area is 121 Å². The van der Waals surface area contributed by atoms with E-state index in [2.05, 4.69) is 16.4 Å². The summed E-state index contributed by atoms with van der Waals surface area (Å²) in [6.45, 7) is 1.48. The molecule has 20 heavy (non-hydrogen) atoms. The predicted octanol–water partition coefficient (Wildman–Crippen LogP) is 2.15. The van der Waals surface area contributed by atoms with Gasteiger partial charge in [0.2, 0.25) is 5.91 Å². The quantitative estimate of drug-likeness (QED) is 0.920. The summed E-state index contributed by atoms with van der Waals surface area (Å²) in [6.07, 6.45) is 2.97. The van der Waals surface area contributed by atoms with E-state index in [0.717, 1.165) is 23.5 Å². The van der Waals surface area contributed by atoms with E-state index in [1.54, 1.807) is 11.3 Å². The number of nitrogens with one attached hydrogen (secondary N) is 1. The van der Waals surface area contributed by atoms with E-state index >= 15 is 0 Å². The third-order valence-electron chi connectivity index (χ3n) is 4.21. The molecule has 3 heterocycles. The van der Waals surface area contributed by atoms with Gasteiger partial charge in [0.05, 0.1) is 16.8 Å². The van der Waals surface area contributed by atoms with Gasteiger partial charge in [0, 0.05) is 25.0 Å². The maximum Gasteiger partial charge on any atom is 0.224 e. The van der Waals surface area contributed by atoms with E-state index in [0.29, 0.717) is 25.0 Å². The smallest absolute Gasteiger partial charge is 0.224 e. The number of likely N-dealkylation sites (tertiary alicyclic amines) is 1. The Morgan fingerprint density at radius 2 is 2.15 bits per heavy atom. The minimum absolute atomic E-state index is 0.268. The lowest BCUT2D eigenvalue weighted by atomic mass is 10.1. The summed E-state index contributed by atoms with van der Waals surface area (Å²) in [5.41, 5.74) is 1.04. The van der Waals surface area contributed by atoms with Crippen molar-refractivity contribution in [2.75, 3.05) is 6.54 Å². The first kappa shape index (κ1) is 12.3. The van der Waals surface area contributed by atoms with Crippen LogP contribution in [0.3, 0.4) is 0 Å². The van der Waals surface area contributed by atoms with Crippen LogP contribution >= 0.6 is 11.3 Å². The van der Waals surface area contributed by atoms with Crippen LogP contribution in [0.4, 0.5) is 0 Å². The van der Waals surface area contributed by atoms with Gasteiger partial charge in [0.25, 0.3) is 0 Å². The molecule has 4 rings (SSSR count). The number of amides is 1. The number of benzene rings is 1. The van der Waals surface area contributed by atoms with Gasteiger partial charge in [0.1, 0.15) is 5.01 Å². The van der Waals surface area contributed by atoms with Crippen LogP contribution in [-0.4, -0.2) is 34.4 Å². The fourth-order valence-corrected chi connectivity index (χ4v) is 4.20. The summed E-state index contributed by atoms with van der Waals surface area (Å²) in [4.78, 5) is 18.9. The lowest BCUT2D eigenvalue weighted by Gasteiger charge is -2.23. The van der Waals surface area contributed by atoms with Crippen LogP contribution in [0.5, 0.6) is 0 Å². The van der Waals surface area contributed by atoms with Crippen molar-refractivity contribution in [3.8, 4) is 0 Å². The minimum atomic E-state index is 0.268. The van der Waals surface area contributed by atoms with E-state index in [4.69, 9.17) is 0 Å². The second-order valence-corrected chi connectivity index (χ2v) is 6.81. The molecule has 4 nitrogen and oxygen atoms in total. The van der Waals surface area contributed by atoms with Crippen LogP contribution in [0.25, 0.3) is 10.2 Å². The van der Waals surface area contributed by atoms with Crippen molar-refractivity contribution in [2.24, 2.45) is 0 Å². The fraction of sp³-hybridized carbons (Fsp3) is 0.467. The van der Waals surface area contributed by atoms with Crippen LogP contribution in [0.1, 0.15) is 24.3 Å². The highest BCUT2D eigenvalue weighted by Crippen LogP contribution is 2.26. The zero-order valence-corrected chi connectivity index (χ0v) is 12.0. The molecular formula is C15H17N3OS. The van der Waals surface area contributed by atoms with Crippen LogP contribution in [0.2, 0.25) is 0 Å². The van der Waals surface area contributed by atoms with Gasteiger partial charge in [-0.1, -0.05) is 12.1 Å². The fourth-order valence-electron chi connectivity index (χ4n) is 3.22. The second kappa shape index (κ2) is 4.82. The monoisotopic (exact) mass is 287 g/mol. The van der Waals surface area contributed by atoms with Crippen molar-refractivity contribution in [1.29, 1.82) is 0 Å². The van der Waals surface area contributed by atoms with E-state index < -0.39 is 0 Å². The first-order valence-corrected chi connectivity index (χ1v) is 7.98. The molecule has 1 aromatic carbocycles. The van der Waals surface area contributed by atoms with Gasteiger partial charge in [0.15, 0.2) is 0 Å². The number of hydrogen-bond acceptors (Lipinski definition) is 4. The number of hydrogen-bond donors (Lipinski definition) is 1. The van der Waals surface area contributed by atoms with Crippen molar-refractivity contribution in [3.63, 3.8) is 0 Å². The molecule has 0 spiro atoms. The van der Waals surface area contributed by atoms with E-state index in [-0.39, 0.29) is 5.91 Å². The molecule has 1 amide bonds. The lowest BCUT2D eigenvalue weighted by molar-refractivity contribution is -0.131. The highest BCUT2D eigenvalue weighted by Gasteiger charge is 2.33. The van der Waals surface area contributed by atoms with Crippen molar-refractivity contribution >= 4 is 27.5 Å². The number of carbonyl (C=O) groups is 1. The summed E-state index contributed by atoms with van der Waals surface area (Å²) in [5, 5.41) is 4.59. The summed E-state index contributed by atoms with van der Waals surface area (Å²) < 4.78 is 1.20. The van der Waals surface area contributed by atoms with Gasteiger partial charge < -0.3 is 10.2 Å². The summed E-state index contributed by atoms with van der Waals surface area (Å²) in [6, 6.07) is 9.03. The number of fused-ring (bicyclic) bond motifs is 3. The van der Waals surface area contributed by atoms with Gasteiger partial charge in [-0.05, 0) is 25.0 Å². The molecule has 0 unspecified atom stereocenters. The molecule has 2 bridgehead atoms. The van der Waals surface area contributed by atoms with Crippen LogP contribution < -0.4 is 5.32 Å². The number of para-hydroxylation sites is 1. The van der Waals surface area contributed by atoms with Gasteiger partial charge in [-0.25, -0.2) is 4.98 Å². The number of thiazole rings is 1. The number of rotatable bonds is 2. The molecule has 2 aliphatic heterocycles. The van der Waals surface area contributed by atoms with Gasteiger partial charge >= 0.3 is 0 Å². The molecule has 2 saturated heterocycles. The zero-order valence-electron chi connectivity index (χ0n) is 11.2. The van der Waals surface area contributed by atoms with Crippen LogP contribution in [-0.2, 0) is 11.3 Å². The van der Waals surface area contributed by atoms with Gasteiger partial charge in [-0.3, -0.25) is 4.79 Å². The molecule has 0 radical (unpaired) electrons. The molecule has 0 aliphatic carbocycles. The largest absolute Gasteiger partial charge is 0.334 e. The Morgan fingerprint density at radius 1 is 1.30 bits per heavy atom. The van der Waals surface area contributed by atoms with Crippen LogP contribution in [0, 0.1) is 0 Å². The molecule has 1 aromatic heterocycles. The summed E-state index contributed by atoms with van der Waals surface area (Å²) >= 11 is 1.69. The van der Waals surface area contributed by atoms with Crippen molar-refractivity contribution in [1.82, 2.24) is 15.2 Å². The normalized spacial score (nSPS) is 26.2. The van der Waals surface area contributed by atoms with E-state index in [1.807, 2.05) is 23.1 Å². The third kappa shape index (κ3) is 2.21. The summed E-state index contributed by atoms with van der Waals surface area (Å²) in [7, 11) is 0. The molecule has 2 aromatic rings. The molecular weight excluding hydrogens is 270 g/mol. The first-order valence-electron chi connectivity index (χ1n) is 7.16. The van der Waals surface area contributed by atoms with E-state index in [1.165, 1.54) is 11.1 Å². The zero-order chi connectivity index (χ0) is 13.5. The molecule has 5 heteroatoms. The van der Waals surface area contributed by atoms with Gasteiger partial charge in [-0.2, -0.15) is 0 Å². The highest BCUT2D eigenvalue weighted by molar-refractivity contribution is 7.18. The topological polar surface area (TPSA) is 45.2 Å². The first-order chi connectivity index (χ1) is 9.78. The van der Waals surface area contributed by atoms with Crippen molar-refractivity contribution < 1.29 is 4.79 Å². The molecule has 2 fully saturated rings. The van der Waals surface area contributed by atoms with E-state index in [9.17, 15) is 4.79 Å². The standard InChI is InChI=1S/C15H17N3OS/c19-15-7-10-5-6-11(16-10)8-18(15)9-14-17-12-3-1-2-4-13(12)20-14/h1-4,10-11,16H,5-9H2/t10-,11+/m1/s1. The van der Waals surface area contributed by atoms with Crippen molar-refractivity contribution in [3.05, 3.63) is 29.3 Å². The number of aromatic nitrogens is 1. The number of nitrogens with zero attached hydrogens (tertiary/aromatic N) is 2. The van der Waals surface area contributed by atoms with Crippen LogP contribution in [0.15, 0.2) is 24.3 Å². The Hall–Kier alpha value is -1.46. The summed E-state index contributed by atoms with van der Waals surface area (Å²) in [5.74, 6) is 0.268. The number of carbonyl (C=O) groups excluding carboxylic acids is 1. The minimum Gasteiger partial charge on any atom is -0.334 e. The average Bonchev–Trinajstić information content (AvgIpc) is 2.99.